The zero-order chi connectivity index (χ0) is 8.97. The molecule has 0 fully saturated rings. The number of carbonyl (C=O) groups is 1. The second kappa shape index (κ2) is 3.56. The summed E-state index contributed by atoms with van der Waals surface area (Å²) in [6.45, 7) is 1.71. The highest BCUT2D eigenvalue weighted by Gasteiger charge is 1.97. The van der Waals surface area contributed by atoms with Crippen molar-refractivity contribution in [3.05, 3.63) is 24.0 Å². The number of nitrogens with one attached hydrogen (secondary N) is 2. The van der Waals surface area contributed by atoms with Crippen LogP contribution in [0.4, 0.5) is 4.79 Å². The Morgan fingerprint density at radius 3 is 3.00 bits per heavy atom. The van der Waals surface area contributed by atoms with Crippen molar-refractivity contribution < 1.29 is 9.90 Å². The quantitative estimate of drug-likeness (QED) is 0.454. The van der Waals surface area contributed by atoms with Gasteiger partial charge in [0.25, 0.3) is 0 Å². The first-order chi connectivity index (χ1) is 5.70. The van der Waals surface area contributed by atoms with Crippen LogP contribution in [0.3, 0.4) is 0 Å². The van der Waals surface area contributed by atoms with Crippen LogP contribution < -0.4 is 5.43 Å². The van der Waals surface area contributed by atoms with Gasteiger partial charge in [-0.15, -0.1) is 0 Å². The monoisotopic (exact) mass is 167 g/mol. The molecule has 1 heterocycles. The number of H-pyrrole nitrogens is 1. The molecule has 0 saturated heterocycles. The summed E-state index contributed by atoms with van der Waals surface area (Å²) in [6, 6.07) is 3.62. The minimum atomic E-state index is -1.17. The van der Waals surface area contributed by atoms with Gasteiger partial charge in [-0.2, -0.15) is 5.10 Å². The van der Waals surface area contributed by atoms with E-state index in [2.05, 4.69) is 10.1 Å². The summed E-state index contributed by atoms with van der Waals surface area (Å²) in [6.07, 6.45) is 0.579. The lowest BCUT2D eigenvalue weighted by atomic mass is 10.3. The summed E-state index contributed by atoms with van der Waals surface area (Å²) < 4.78 is 0. The number of hydrazone groups is 1. The van der Waals surface area contributed by atoms with Gasteiger partial charge in [-0.25, -0.2) is 10.2 Å². The number of hydrogen-bond donors (Lipinski definition) is 3. The van der Waals surface area contributed by atoms with E-state index in [1.165, 1.54) is 0 Å². The molecule has 1 rings (SSSR count). The number of carboxylic acid groups (broad SMARTS) is 1. The molecule has 0 aliphatic heterocycles. The minimum absolute atomic E-state index is 0.599. The van der Waals surface area contributed by atoms with Crippen molar-refractivity contribution in [2.24, 2.45) is 5.10 Å². The van der Waals surface area contributed by atoms with E-state index in [1.54, 1.807) is 13.1 Å². The molecule has 0 radical (unpaired) electrons. The van der Waals surface area contributed by atoms with Gasteiger partial charge in [0.1, 0.15) is 0 Å². The predicted octanol–water partition coefficient (Wildman–Crippen LogP) is 1.01. The highest BCUT2D eigenvalue weighted by Crippen LogP contribution is 1.95. The molecule has 3 N–H and O–H groups in total. The van der Waals surface area contributed by atoms with Crippen LogP contribution >= 0.6 is 0 Å². The summed E-state index contributed by atoms with van der Waals surface area (Å²) in [5, 5.41) is 11.8. The highest BCUT2D eigenvalue weighted by molar-refractivity contribution is 5.97. The van der Waals surface area contributed by atoms with E-state index in [1.807, 2.05) is 17.6 Å². The topological polar surface area (TPSA) is 77.5 Å². The molecule has 5 heteroatoms. The fourth-order valence-electron chi connectivity index (χ4n) is 0.747. The highest BCUT2D eigenvalue weighted by atomic mass is 16.4. The Morgan fingerprint density at radius 2 is 2.50 bits per heavy atom. The van der Waals surface area contributed by atoms with Gasteiger partial charge in [-0.05, 0) is 19.1 Å². The Bertz CT molecular complexity index is 290. The third kappa shape index (κ3) is 2.12. The molecule has 1 aromatic heterocycles. The number of hydrogen-bond acceptors (Lipinski definition) is 2. The Hall–Kier alpha value is -1.78. The average molecular weight is 167 g/mol. The van der Waals surface area contributed by atoms with E-state index < -0.39 is 6.09 Å². The van der Waals surface area contributed by atoms with Crippen molar-refractivity contribution in [1.82, 2.24) is 10.4 Å². The Labute approximate surface area is 69.1 Å². The first kappa shape index (κ1) is 8.32. The van der Waals surface area contributed by atoms with Gasteiger partial charge in [0.2, 0.25) is 0 Å². The summed E-state index contributed by atoms with van der Waals surface area (Å²) in [5.74, 6) is 0. The molecular formula is C7H9N3O2. The molecule has 0 atom stereocenters. The third-order valence-electron chi connectivity index (χ3n) is 1.31. The molecular weight excluding hydrogens is 158 g/mol. The molecule has 0 aromatic carbocycles. The van der Waals surface area contributed by atoms with Gasteiger partial charge in [0, 0.05) is 6.20 Å². The Balaban J connectivity index is 2.65. The van der Waals surface area contributed by atoms with Gasteiger partial charge in [0.05, 0.1) is 11.4 Å². The predicted molar refractivity (Wildman–Crippen MR) is 44.2 cm³/mol. The van der Waals surface area contributed by atoms with E-state index in [4.69, 9.17) is 5.11 Å². The number of aromatic amines is 1. The molecule has 0 unspecified atom stereocenters. The van der Waals surface area contributed by atoms with Crippen molar-refractivity contribution in [2.75, 3.05) is 0 Å². The zero-order valence-electron chi connectivity index (χ0n) is 6.53. The summed E-state index contributed by atoms with van der Waals surface area (Å²) in [4.78, 5) is 12.9. The van der Waals surface area contributed by atoms with Crippen LogP contribution in [0, 0.1) is 0 Å². The maximum Gasteiger partial charge on any atom is 0.425 e. The smallest absolute Gasteiger partial charge is 0.425 e. The van der Waals surface area contributed by atoms with E-state index >= 15 is 0 Å². The van der Waals surface area contributed by atoms with Gasteiger partial charge in [0.15, 0.2) is 0 Å². The van der Waals surface area contributed by atoms with Crippen molar-refractivity contribution in [1.29, 1.82) is 0 Å². The first-order valence-corrected chi connectivity index (χ1v) is 3.37. The molecule has 0 saturated carbocycles. The lowest BCUT2D eigenvalue weighted by Crippen LogP contribution is -2.16. The van der Waals surface area contributed by atoms with E-state index in [0.29, 0.717) is 5.71 Å². The Kier molecular flexibility index (Phi) is 2.47. The first-order valence-electron chi connectivity index (χ1n) is 3.37. The van der Waals surface area contributed by atoms with Crippen molar-refractivity contribution >= 4 is 11.8 Å². The number of nitrogens with zero attached hydrogens (tertiary/aromatic N) is 1. The second-order valence-corrected chi connectivity index (χ2v) is 2.20. The van der Waals surface area contributed by atoms with Crippen molar-refractivity contribution in [2.45, 2.75) is 6.92 Å². The summed E-state index contributed by atoms with van der Waals surface area (Å²) in [5.41, 5.74) is 3.31. The maximum absolute atomic E-state index is 10.0. The molecule has 1 amide bonds. The molecule has 0 aliphatic rings. The van der Waals surface area contributed by atoms with Gasteiger partial charge < -0.3 is 10.1 Å². The largest absolute Gasteiger partial charge is 0.464 e. The van der Waals surface area contributed by atoms with E-state index in [0.717, 1.165) is 5.69 Å². The zero-order valence-corrected chi connectivity index (χ0v) is 6.53. The van der Waals surface area contributed by atoms with Crippen LogP contribution in [0.1, 0.15) is 12.6 Å². The molecule has 12 heavy (non-hydrogen) atoms. The van der Waals surface area contributed by atoms with Gasteiger partial charge in [-0.1, -0.05) is 0 Å². The second-order valence-electron chi connectivity index (χ2n) is 2.20. The van der Waals surface area contributed by atoms with Crippen LogP contribution in [0.25, 0.3) is 0 Å². The summed E-state index contributed by atoms with van der Waals surface area (Å²) in [7, 11) is 0. The number of aromatic nitrogens is 1. The molecule has 64 valence electrons. The van der Waals surface area contributed by atoms with Crippen LogP contribution in [-0.2, 0) is 0 Å². The Morgan fingerprint density at radius 1 is 1.75 bits per heavy atom. The SMILES string of the molecule is CC(=NNC(=O)O)c1ccc[nH]1. The number of rotatable bonds is 2. The standard InChI is InChI=1S/C7H9N3O2/c1-5(9-10-7(11)12)6-3-2-4-8-6/h2-4,8,10H,1H3,(H,11,12). The van der Waals surface area contributed by atoms with Crippen molar-refractivity contribution in [3.63, 3.8) is 0 Å². The molecule has 0 spiro atoms. The fourth-order valence-corrected chi connectivity index (χ4v) is 0.747. The molecule has 0 bridgehead atoms. The van der Waals surface area contributed by atoms with Crippen LogP contribution in [-0.4, -0.2) is 21.9 Å². The normalized spacial score (nSPS) is 11.2. The van der Waals surface area contributed by atoms with Crippen LogP contribution in [0.15, 0.2) is 23.4 Å². The lowest BCUT2D eigenvalue weighted by Gasteiger charge is -1.95. The van der Waals surface area contributed by atoms with Gasteiger partial charge >= 0.3 is 6.09 Å². The third-order valence-corrected chi connectivity index (χ3v) is 1.31. The lowest BCUT2D eigenvalue weighted by molar-refractivity contribution is 0.195. The minimum Gasteiger partial charge on any atom is -0.464 e. The van der Waals surface area contributed by atoms with E-state index in [-0.39, 0.29) is 0 Å². The maximum atomic E-state index is 10.0. The average Bonchev–Trinajstić information content (AvgIpc) is 2.51. The fraction of sp³-hybridized carbons (Fsp3) is 0.143. The molecule has 0 aliphatic carbocycles. The molecule has 5 nitrogen and oxygen atoms in total. The molecule has 1 aromatic rings. The summed E-state index contributed by atoms with van der Waals surface area (Å²) >= 11 is 0. The van der Waals surface area contributed by atoms with E-state index in [9.17, 15) is 4.79 Å². The van der Waals surface area contributed by atoms with Gasteiger partial charge in [-0.3, -0.25) is 0 Å². The van der Waals surface area contributed by atoms with Crippen LogP contribution in [0.5, 0.6) is 0 Å². The number of amides is 1. The van der Waals surface area contributed by atoms with Crippen LogP contribution in [0.2, 0.25) is 0 Å². The van der Waals surface area contributed by atoms with Crippen molar-refractivity contribution in [3.8, 4) is 0 Å².